The summed E-state index contributed by atoms with van der Waals surface area (Å²) in [6.07, 6.45) is -1.36. The number of amides is 2. The predicted molar refractivity (Wildman–Crippen MR) is 126 cm³/mol. The van der Waals surface area contributed by atoms with Crippen LogP contribution in [0.3, 0.4) is 0 Å². The number of hydrogen-bond donors (Lipinski definition) is 2. The molecule has 0 saturated heterocycles. The van der Waals surface area contributed by atoms with Crippen LogP contribution >= 0.6 is 0 Å². The molecule has 0 bridgehead atoms. The molecule has 6 heteroatoms. The molecule has 0 aromatic heterocycles. The third-order valence-electron chi connectivity index (χ3n) is 4.80. The second-order valence-corrected chi connectivity index (χ2v) is 7.71. The van der Waals surface area contributed by atoms with E-state index in [0.29, 0.717) is 22.9 Å². The average molecular weight is 433 g/mol. The molecule has 2 N–H and O–H groups in total. The van der Waals surface area contributed by atoms with Gasteiger partial charge in [-0.15, -0.1) is 0 Å². The normalized spacial score (nSPS) is 12.4. The molecule has 0 unspecified atom stereocenters. The average Bonchev–Trinajstić information content (AvgIpc) is 2.77. The largest absolute Gasteiger partial charge is 0.481 e. The van der Waals surface area contributed by atoms with Crippen LogP contribution in [0, 0.1) is 13.8 Å². The number of aryl methyl sites for hydroxylation is 2. The van der Waals surface area contributed by atoms with Crippen molar-refractivity contribution in [1.29, 1.82) is 0 Å². The van der Waals surface area contributed by atoms with Gasteiger partial charge in [-0.05, 0) is 70.2 Å². The van der Waals surface area contributed by atoms with Crippen molar-refractivity contribution in [3.05, 3.63) is 83.9 Å². The Morgan fingerprint density at radius 2 is 1.03 bits per heavy atom. The van der Waals surface area contributed by atoms with Gasteiger partial charge < -0.3 is 20.1 Å². The SMILES string of the molecule is Cc1ccc(O[C@@H](C)C(=O)Nc2cccc(NC(=O)[C@@H](C)Oc3ccc(C)cc3)c2)cc1. The molecule has 2 amide bonds. The van der Waals surface area contributed by atoms with Crippen LogP contribution in [-0.2, 0) is 9.59 Å². The monoisotopic (exact) mass is 432 g/mol. The number of anilines is 2. The zero-order valence-electron chi connectivity index (χ0n) is 18.7. The summed E-state index contributed by atoms with van der Waals surface area (Å²) in [5.74, 6) is 0.680. The second kappa shape index (κ2) is 10.5. The van der Waals surface area contributed by atoms with Crippen LogP contribution in [-0.4, -0.2) is 24.0 Å². The van der Waals surface area contributed by atoms with E-state index < -0.39 is 12.2 Å². The van der Waals surface area contributed by atoms with Crippen molar-refractivity contribution in [1.82, 2.24) is 0 Å². The highest BCUT2D eigenvalue weighted by Gasteiger charge is 2.17. The van der Waals surface area contributed by atoms with Crippen molar-refractivity contribution in [3.8, 4) is 11.5 Å². The Bertz CT molecular complexity index is 979. The second-order valence-electron chi connectivity index (χ2n) is 7.71. The lowest BCUT2D eigenvalue weighted by molar-refractivity contribution is -0.122. The van der Waals surface area contributed by atoms with E-state index in [2.05, 4.69) is 10.6 Å². The molecule has 166 valence electrons. The maximum Gasteiger partial charge on any atom is 0.265 e. The molecule has 3 aromatic rings. The fourth-order valence-electron chi connectivity index (χ4n) is 2.91. The molecule has 2 atom stereocenters. The summed E-state index contributed by atoms with van der Waals surface area (Å²) in [5.41, 5.74) is 3.34. The molecule has 6 nitrogen and oxygen atoms in total. The van der Waals surface area contributed by atoms with Crippen molar-refractivity contribution in [2.45, 2.75) is 39.9 Å². The minimum absolute atomic E-state index is 0.287. The predicted octanol–water partition coefficient (Wildman–Crippen LogP) is 5.12. The first kappa shape index (κ1) is 22.9. The molecule has 0 radical (unpaired) electrons. The van der Waals surface area contributed by atoms with Crippen LogP contribution in [0.1, 0.15) is 25.0 Å². The molecule has 0 aliphatic rings. The van der Waals surface area contributed by atoms with E-state index in [1.54, 1.807) is 38.1 Å². The van der Waals surface area contributed by atoms with E-state index in [1.165, 1.54) is 0 Å². The number of benzene rings is 3. The number of carbonyl (C=O) groups is 2. The van der Waals surface area contributed by atoms with Gasteiger partial charge in [0.15, 0.2) is 12.2 Å². The van der Waals surface area contributed by atoms with E-state index in [4.69, 9.17) is 9.47 Å². The lowest BCUT2D eigenvalue weighted by Crippen LogP contribution is -2.31. The Hall–Kier alpha value is -3.80. The highest BCUT2D eigenvalue weighted by atomic mass is 16.5. The summed E-state index contributed by atoms with van der Waals surface area (Å²) < 4.78 is 11.4. The van der Waals surface area contributed by atoms with E-state index in [-0.39, 0.29) is 11.8 Å². The van der Waals surface area contributed by atoms with Gasteiger partial charge >= 0.3 is 0 Å². The molecule has 0 fully saturated rings. The quantitative estimate of drug-likeness (QED) is 0.518. The van der Waals surface area contributed by atoms with Gasteiger partial charge in [0.25, 0.3) is 11.8 Å². The van der Waals surface area contributed by atoms with Gasteiger partial charge in [-0.25, -0.2) is 0 Å². The molecular formula is C26H28N2O4. The first-order valence-corrected chi connectivity index (χ1v) is 10.5. The van der Waals surface area contributed by atoms with Crippen molar-refractivity contribution in [2.24, 2.45) is 0 Å². The van der Waals surface area contributed by atoms with Crippen LogP contribution in [0.15, 0.2) is 72.8 Å². The number of carbonyl (C=O) groups excluding carboxylic acids is 2. The number of nitrogens with one attached hydrogen (secondary N) is 2. The summed E-state index contributed by atoms with van der Waals surface area (Å²) >= 11 is 0. The Balaban J connectivity index is 1.55. The fourth-order valence-corrected chi connectivity index (χ4v) is 2.91. The van der Waals surface area contributed by atoms with Gasteiger partial charge in [-0.1, -0.05) is 41.5 Å². The minimum atomic E-state index is -0.682. The summed E-state index contributed by atoms with van der Waals surface area (Å²) in [4.78, 5) is 25.0. The number of ether oxygens (including phenoxy) is 2. The van der Waals surface area contributed by atoms with Crippen molar-refractivity contribution < 1.29 is 19.1 Å². The Labute approximate surface area is 188 Å². The van der Waals surface area contributed by atoms with Crippen LogP contribution in [0.2, 0.25) is 0 Å². The van der Waals surface area contributed by atoms with E-state index in [0.717, 1.165) is 11.1 Å². The third-order valence-corrected chi connectivity index (χ3v) is 4.80. The van der Waals surface area contributed by atoms with Crippen molar-refractivity contribution in [3.63, 3.8) is 0 Å². The Morgan fingerprint density at radius 3 is 1.41 bits per heavy atom. The molecular weight excluding hydrogens is 404 g/mol. The summed E-state index contributed by atoms with van der Waals surface area (Å²) in [7, 11) is 0. The third kappa shape index (κ3) is 6.60. The van der Waals surface area contributed by atoms with E-state index >= 15 is 0 Å². The van der Waals surface area contributed by atoms with Crippen LogP contribution < -0.4 is 20.1 Å². The molecule has 0 aliphatic heterocycles. The topological polar surface area (TPSA) is 76.7 Å². The minimum Gasteiger partial charge on any atom is -0.481 e. The van der Waals surface area contributed by atoms with Gasteiger partial charge in [0.2, 0.25) is 0 Å². The van der Waals surface area contributed by atoms with Crippen LogP contribution in [0.5, 0.6) is 11.5 Å². The van der Waals surface area contributed by atoms with Gasteiger partial charge in [-0.2, -0.15) is 0 Å². The van der Waals surface area contributed by atoms with Crippen LogP contribution in [0.4, 0.5) is 11.4 Å². The van der Waals surface area contributed by atoms with Gasteiger partial charge in [-0.3, -0.25) is 9.59 Å². The maximum absolute atomic E-state index is 12.5. The molecule has 3 aromatic carbocycles. The maximum atomic E-state index is 12.5. The van der Waals surface area contributed by atoms with Gasteiger partial charge in [0.05, 0.1) is 0 Å². The van der Waals surface area contributed by atoms with Crippen molar-refractivity contribution in [2.75, 3.05) is 10.6 Å². The van der Waals surface area contributed by atoms with Crippen LogP contribution in [0.25, 0.3) is 0 Å². The molecule has 3 rings (SSSR count). The van der Waals surface area contributed by atoms with Gasteiger partial charge in [0, 0.05) is 11.4 Å². The number of hydrogen-bond acceptors (Lipinski definition) is 4. The lowest BCUT2D eigenvalue weighted by atomic mass is 10.2. The Kier molecular flexibility index (Phi) is 7.49. The zero-order chi connectivity index (χ0) is 23.1. The first-order valence-electron chi connectivity index (χ1n) is 10.5. The van der Waals surface area contributed by atoms with E-state index in [9.17, 15) is 9.59 Å². The summed E-state index contributed by atoms with van der Waals surface area (Å²) in [6, 6.07) is 22.0. The zero-order valence-corrected chi connectivity index (χ0v) is 18.7. The molecule has 0 aliphatic carbocycles. The molecule has 0 spiro atoms. The summed E-state index contributed by atoms with van der Waals surface area (Å²) in [5, 5.41) is 5.63. The molecule has 32 heavy (non-hydrogen) atoms. The van der Waals surface area contributed by atoms with Crippen molar-refractivity contribution >= 4 is 23.2 Å². The fraction of sp³-hybridized carbons (Fsp3) is 0.231. The standard InChI is InChI=1S/C26H28N2O4/c1-17-8-12-23(13-9-17)31-19(3)25(29)27-21-6-5-7-22(16-21)28-26(30)20(4)32-24-14-10-18(2)11-15-24/h5-16,19-20H,1-4H3,(H,27,29)(H,28,30)/t19-,20+. The highest BCUT2D eigenvalue weighted by molar-refractivity contribution is 5.97. The lowest BCUT2D eigenvalue weighted by Gasteiger charge is -2.17. The number of rotatable bonds is 8. The highest BCUT2D eigenvalue weighted by Crippen LogP contribution is 2.19. The molecule has 0 saturated carbocycles. The Morgan fingerprint density at radius 1 is 0.656 bits per heavy atom. The summed E-state index contributed by atoms with van der Waals surface area (Å²) in [6.45, 7) is 7.35. The smallest absolute Gasteiger partial charge is 0.265 e. The van der Waals surface area contributed by atoms with E-state index in [1.807, 2.05) is 62.4 Å². The van der Waals surface area contributed by atoms with Gasteiger partial charge in [0.1, 0.15) is 11.5 Å². The first-order chi connectivity index (χ1) is 15.3. The molecule has 0 heterocycles.